The van der Waals surface area contributed by atoms with Crippen molar-refractivity contribution in [3.8, 4) is 11.4 Å². The molecule has 0 saturated heterocycles. The summed E-state index contributed by atoms with van der Waals surface area (Å²) in [5, 5.41) is 11.1. The summed E-state index contributed by atoms with van der Waals surface area (Å²) < 4.78 is 1.32. The first-order chi connectivity index (χ1) is 11.8. The van der Waals surface area contributed by atoms with Crippen LogP contribution in [-0.2, 0) is 9.59 Å². The molecule has 0 aliphatic carbocycles. The van der Waals surface area contributed by atoms with Crippen molar-refractivity contribution in [3.63, 3.8) is 0 Å². The average molecular weight is 339 g/mol. The molecule has 3 aromatic rings. The van der Waals surface area contributed by atoms with Gasteiger partial charge in [-0.25, -0.2) is 4.57 Å². The van der Waals surface area contributed by atoms with Gasteiger partial charge in [-0.15, -0.1) is 10.2 Å². The highest BCUT2D eigenvalue weighted by atomic mass is 32.2. The molecule has 2 heterocycles. The van der Waals surface area contributed by atoms with Crippen molar-refractivity contribution in [2.24, 2.45) is 0 Å². The van der Waals surface area contributed by atoms with Crippen LogP contribution in [0.2, 0.25) is 0 Å². The van der Waals surface area contributed by atoms with Crippen LogP contribution in [0.4, 0.5) is 5.69 Å². The highest BCUT2D eigenvalue weighted by molar-refractivity contribution is 7.99. The van der Waals surface area contributed by atoms with E-state index in [2.05, 4.69) is 20.5 Å². The first kappa shape index (κ1) is 15.9. The summed E-state index contributed by atoms with van der Waals surface area (Å²) in [4.78, 5) is 27.3. The average Bonchev–Trinajstić information content (AvgIpc) is 3.04. The van der Waals surface area contributed by atoms with Crippen LogP contribution < -0.4 is 5.32 Å². The van der Waals surface area contributed by atoms with Gasteiger partial charge in [-0.1, -0.05) is 30.0 Å². The van der Waals surface area contributed by atoms with Gasteiger partial charge in [0.2, 0.25) is 12.3 Å². The van der Waals surface area contributed by atoms with E-state index in [-0.39, 0.29) is 11.7 Å². The minimum Gasteiger partial charge on any atom is -0.325 e. The summed E-state index contributed by atoms with van der Waals surface area (Å²) >= 11 is 1.14. The van der Waals surface area contributed by atoms with Crippen LogP contribution >= 0.6 is 11.8 Å². The molecule has 0 aliphatic heterocycles. The third kappa shape index (κ3) is 3.66. The molecule has 24 heavy (non-hydrogen) atoms. The third-order valence-electron chi connectivity index (χ3n) is 3.10. The van der Waals surface area contributed by atoms with Gasteiger partial charge in [-0.2, -0.15) is 0 Å². The lowest BCUT2D eigenvalue weighted by Crippen LogP contribution is -2.14. The number of thioether (sulfide) groups is 1. The van der Waals surface area contributed by atoms with E-state index in [0.717, 1.165) is 23.0 Å². The van der Waals surface area contributed by atoms with Crippen molar-refractivity contribution >= 4 is 29.8 Å². The number of nitrogens with one attached hydrogen (secondary N) is 1. The fraction of sp³-hybridized carbons (Fsp3) is 0.0625. The SMILES string of the molecule is O=Cn1c(SCC(=O)Nc2ccccc2)nnc1-c1ccncc1. The van der Waals surface area contributed by atoms with E-state index in [0.29, 0.717) is 17.4 Å². The molecule has 7 nitrogen and oxygen atoms in total. The van der Waals surface area contributed by atoms with E-state index in [1.807, 2.05) is 18.2 Å². The van der Waals surface area contributed by atoms with Crippen molar-refractivity contribution in [2.45, 2.75) is 5.16 Å². The van der Waals surface area contributed by atoms with Gasteiger partial charge < -0.3 is 5.32 Å². The molecule has 3 rings (SSSR count). The molecule has 0 saturated carbocycles. The minimum absolute atomic E-state index is 0.122. The predicted octanol–water partition coefficient (Wildman–Crippen LogP) is 2.11. The van der Waals surface area contributed by atoms with E-state index in [4.69, 9.17) is 0 Å². The van der Waals surface area contributed by atoms with Gasteiger partial charge in [0.05, 0.1) is 5.75 Å². The van der Waals surface area contributed by atoms with Crippen molar-refractivity contribution in [3.05, 3.63) is 54.9 Å². The van der Waals surface area contributed by atoms with Crippen LogP contribution in [-0.4, -0.2) is 37.8 Å². The van der Waals surface area contributed by atoms with E-state index >= 15 is 0 Å². The second-order valence-corrected chi connectivity index (χ2v) is 5.66. The Kier molecular flexibility index (Phi) is 4.97. The second kappa shape index (κ2) is 7.51. The Morgan fingerprint density at radius 1 is 1.12 bits per heavy atom. The Labute approximate surface area is 142 Å². The molecule has 1 aromatic carbocycles. The lowest BCUT2D eigenvalue weighted by molar-refractivity contribution is -0.113. The molecule has 0 fully saturated rings. The molecular weight excluding hydrogens is 326 g/mol. The number of amides is 1. The van der Waals surface area contributed by atoms with E-state index < -0.39 is 0 Å². The zero-order chi connectivity index (χ0) is 16.8. The summed E-state index contributed by atoms with van der Waals surface area (Å²) in [5.41, 5.74) is 1.45. The number of hydrogen-bond donors (Lipinski definition) is 1. The Morgan fingerprint density at radius 2 is 1.88 bits per heavy atom. The van der Waals surface area contributed by atoms with Gasteiger partial charge in [0, 0.05) is 23.6 Å². The number of rotatable bonds is 6. The predicted molar refractivity (Wildman–Crippen MR) is 91.2 cm³/mol. The standard InChI is InChI=1S/C16H13N5O2S/c22-11-21-15(12-6-8-17-9-7-12)19-20-16(21)24-10-14(23)18-13-4-2-1-3-5-13/h1-9,11H,10H2,(H,18,23). The molecule has 0 bridgehead atoms. The topological polar surface area (TPSA) is 89.8 Å². The molecular formula is C16H13N5O2S. The number of benzene rings is 1. The normalized spacial score (nSPS) is 10.3. The molecule has 0 atom stereocenters. The zero-order valence-electron chi connectivity index (χ0n) is 12.5. The number of para-hydroxylation sites is 1. The van der Waals surface area contributed by atoms with E-state index in [1.165, 1.54) is 4.57 Å². The van der Waals surface area contributed by atoms with Gasteiger partial charge in [0.25, 0.3) is 0 Å². The Balaban J connectivity index is 1.69. The summed E-state index contributed by atoms with van der Waals surface area (Å²) in [6.07, 6.45) is 3.85. The first-order valence-corrected chi connectivity index (χ1v) is 8.05. The monoisotopic (exact) mass is 339 g/mol. The molecule has 0 aliphatic rings. The largest absolute Gasteiger partial charge is 0.325 e. The fourth-order valence-corrected chi connectivity index (χ4v) is 2.72. The molecule has 8 heteroatoms. The van der Waals surface area contributed by atoms with Crippen molar-refractivity contribution in [1.29, 1.82) is 0 Å². The lowest BCUT2D eigenvalue weighted by atomic mass is 10.2. The second-order valence-electron chi connectivity index (χ2n) is 4.72. The van der Waals surface area contributed by atoms with Crippen LogP contribution in [0.3, 0.4) is 0 Å². The van der Waals surface area contributed by atoms with Gasteiger partial charge in [0.1, 0.15) is 0 Å². The summed E-state index contributed by atoms with van der Waals surface area (Å²) in [5.74, 6) is 0.354. The molecule has 1 amide bonds. The number of carbonyl (C=O) groups is 2. The Bertz CT molecular complexity index is 836. The van der Waals surface area contributed by atoms with Gasteiger partial charge in [0.15, 0.2) is 11.0 Å². The van der Waals surface area contributed by atoms with Gasteiger partial charge in [-0.3, -0.25) is 14.6 Å². The zero-order valence-corrected chi connectivity index (χ0v) is 13.3. The minimum atomic E-state index is -0.183. The first-order valence-electron chi connectivity index (χ1n) is 7.06. The maximum atomic E-state index is 12.0. The number of nitrogens with zero attached hydrogens (tertiary/aromatic N) is 4. The van der Waals surface area contributed by atoms with Crippen molar-refractivity contribution in [1.82, 2.24) is 19.7 Å². The van der Waals surface area contributed by atoms with Gasteiger partial charge >= 0.3 is 0 Å². The van der Waals surface area contributed by atoms with E-state index in [1.54, 1.807) is 36.7 Å². The summed E-state index contributed by atoms with van der Waals surface area (Å²) in [7, 11) is 0. The number of pyridine rings is 1. The Hall–Kier alpha value is -3.00. The number of aromatic nitrogens is 4. The smallest absolute Gasteiger partial charge is 0.234 e. The number of anilines is 1. The molecule has 120 valence electrons. The maximum Gasteiger partial charge on any atom is 0.234 e. The number of hydrogen-bond acceptors (Lipinski definition) is 6. The highest BCUT2D eigenvalue weighted by Gasteiger charge is 2.15. The van der Waals surface area contributed by atoms with Crippen LogP contribution in [0, 0.1) is 0 Å². The maximum absolute atomic E-state index is 12.0. The van der Waals surface area contributed by atoms with E-state index in [9.17, 15) is 9.59 Å². The van der Waals surface area contributed by atoms with Crippen LogP contribution in [0.15, 0.2) is 60.0 Å². The molecule has 0 unspecified atom stereocenters. The molecule has 0 spiro atoms. The third-order valence-corrected chi connectivity index (χ3v) is 4.04. The van der Waals surface area contributed by atoms with Crippen LogP contribution in [0.5, 0.6) is 0 Å². The molecule has 1 N–H and O–H groups in total. The highest BCUT2D eigenvalue weighted by Crippen LogP contribution is 2.22. The van der Waals surface area contributed by atoms with Gasteiger partial charge in [-0.05, 0) is 24.3 Å². The molecule has 0 radical (unpaired) electrons. The van der Waals surface area contributed by atoms with Crippen molar-refractivity contribution in [2.75, 3.05) is 11.1 Å². The van der Waals surface area contributed by atoms with Crippen LogP contribution in [0.25, 0.3) is 11.4 Å². The lowest BCUT2D eigenvalue weighted by Gasteiger charge is -2.04. The molecule has 2 aromatic heterocycles. The summed E-state index contributed by atoms with van der Waals surface area (Å²) in [6.45, 7) is 0. The summed E-state index contributed by atoms with van der Waals surface area (Å²) in [6, 6.07) is 12.6. The number of carbonyl (C=O) groups excluding carboxylic acids is 2. The Morgan fingerprint density at radius 3 is 2.58 bits per heavy atom. The fourth-order valence-electron chi connectivity index (χ4n) is 2.02. The quantitative estimate of drug-likeness (QED) is 0.546. The van der Waals surface area contributed by atoms with Crippen molar-refractivity contribution < 1.29 is 9.59 Å². The van der Waals surface area contributed by atoms with Crippen LogP contribution in [0.1, 0.15) is 0 Å².